The summed E-state index contributed by atoms with van der Waals surface area (Å²) in [6.45, 7) is 2.24. The Hall–Kier alpha value is -2.08. The molecule has 2 aliphatic rings. The third-order valence-corrected chi connectivity index (χ3v) is 7.24. The van der Waals surface area contributed by atoms with E-state index in [-0.39, 0.29) is 18.4 Å². The fourth-order valence-corrected chi connectivity index (χ4v) is 4.84. The first-order chi connectivity index (χ1) is 16.0. The lowest BCUT2D eigenvalue weighted by molar-refractivity contribution is -0.133. The molecule has 0 aromatic heterocycles. The van der Waals surface area contributed by atoms with Crippen LogP contribution >= 0.6 is 23.2 Å². The highest BCUT2D eigenvalue weighted by molar-refractivity contribution is 6.42. The van der Waals surface area contributed by atoms with Crippen molar-refractivity contribution in [2.24, 2.45) is 5.92 Å². The van der Waals surface area contributed by atoms with Gasteiger partial charge in [-0.1, -0.05) is 47.5 Å². The van der Waals surface area contributed by atoms with Crippen LogP contribution in [0.25, 0.3) is 0 Å². The maximum Gasteiger partial charge on any atom is 0.251 e. The van der Waals surface area contributed by atoms with Crippen molar-refractivity contribution in [3.63, 3.8) is 0 Å². The topological polar surface area (TPSA) is 58.6 Å². The molecule has 1 aliphatic heterocycles. The van der Waals surface area contributed by atoms with E-state index in [4.69, 9.17) is 27.9 Å². The summed E-state index contributed by atoms with van der Waals surface area (Å²) < 4.78 is 5.87. The highest BCUT2D eigenvalue weighted by atomic mass is 35.5. The van der Waals surface area contributed by atoms with E-state index in [0.717, 1.165) is 45.2 Å². The molecule has 0 bridgehead atoms. The summed E-state index contributed by atoms with van der Waals surface area (Å²) in [4.78, 5) is 27.4. The van der Waals surface area contributed by atoms with Crippen molar-refractivity contribution in [1.29, 1.82) is 0 Å². The molecule has 1 saturated carbocycles. The molecule has 33 heavy (non-hydrogen) atoms. The molecule has 5 nitrogen and oxygen atoms in total. The van der Waals surface area contributed by atoms with Gasteiger partial charge in [0, 0.05) is 25.3 Å². The lowest BCUT2D eigenvalue weighted by atomic mass is 10.1. The molecule has 1 heterocycles. The number of carbonyl (C=O) groups excluding carboxylic acids is 2. The summed E-state index contributed by atoms with van der Waals surface area (Å²) in [7, 11) is 0. The summed E-state index contributed by atoms with van der Waals surface area (Å²) in [5, 5.41) is 4.07. The van der Waals surface area contributed by atoms with Crippen molar-refractivity contribution in [1.82, 2.24) is 10.2 Å². The predicted molar refractivity (Wildman–Crippen MR) is 131 cm³/mol. The van der Waals surface area contributed by atoms with E-state index in [2.05, 4.69) is 11.4 Å². The lowest BCUT2D eigenvalue weighted by Gasteiger charge is -2.24. The maximum atomic E-state index is 13.0. The monoisotopic (exact) mass is 488 g/mol. The molecule has 2 fully saturated rings. The van der Waals surface area contributed by atoms with Crippen LogP contribution in [0.4, 0.5) is 0 Å². The van der Waals surface area contributed by atoms with Crippen molar-refractivity contribution >= 4 is 35.0 Å². The molecular weight excluding hydrogens is 459 g/mol. The van der Waals surface area contributed by atoms with Gasteiger partial charge in [0.1, 0.15) is 6.04 Å². The minimum atomic E-state index is -0.666. The van der Waals surface area contributed by atoms with Gasteiger partial charge in [0.05, 0.1) is 16.7 Å². The van der Waals surface area contributed by atoms with Gasteiger partial charge in [-0.05, 0) is 73.8 Å². The molecule has 1 aliphatic carbocycles. The molecule has 3 atom stereocenters. The van der Waals surface area contributed by atoms with Gasteiger partial charge >= 0.3 is 0 Å². The normalized spacial score (nSPS) is 20.5. The first kappa shape index (κ1) is 24.1. The SMILES string of the molecule is O=C(N[C@@H](COCCCC1C[C@H]1c1ccc(Cl)c(Cl)c1)C(=O)N1CCCC1)c1ccccc1. The van der Waals surface area contributed by atoms with Crippen LogP contribution in [0.1, 0.15) is 53.9 Å². The summed E-state index contributed by atoms with van der Waals surface area (Å²) in [6.07, 6.45) is 5.15. The number of nitrogens with zero attached hydrogens (tertiary/aromatic N) is 1. The molecule has 2 amide bonds. The molecule has 176 valence electrons. The number of hydrogen-bond acceptors (Lipinski definition) is 3. The Morgan fingerprint density at radius 1 is 1.06 bits per heavy atom. The Kier molecular flexibility index (Phi) is 8.29. The zero-order valence-electron chi connectivity index (χ0n) is 18.6. The van der Waals surface area contributed by atoms with Gasteiger partial charge in [-0.3, -0.25) is 9.59 Å². The highest BCUT2D eigenvalue weighted by Crippen LogP contribution is 2.50. The molecule has 0 spiro atoms. The maximum absolute atomic E-state index is 13.0. The van der Waals surface area contributed by atoms with Gasteiger partial charge in [-0.2, -0.15) is 0 Å². The summed E-state index contributed by atoms with van der Waals surface area (Å²) >= 11 is 12.2. The first-order valence-electron chi connectivity index (χ1n) is 11.7. The minimum Gasteiger partial charge on any atom is -0.379 e. The van der Waals surface area contributed by atoms with Crippen LogP contribution in [0.2, 0.25) is 10.0 Å². The fourth-order valence-electron chi connectivity index (χ4n) is 4.53. The number of benzene rings is 2. The van der Waals surface area contributed by atoms with Gasteiger partial charge in [-0.15, -0.1) is 0 Å². The third-order valence-electron chi connectivity index (χ3n) is 6.50. The van der Waals surface area contributed by atoms with E-state index in [1.165, 1.54) is 5.56 Å². The Balaban J connectivity index is 1.23. The van der Waals surface area contributed by atoms with Gasteiger partial charge < -0.3 is 15.0 Å². The third kappa shape index (κ3) is 6.50. The number of hydrogen-bond donors (Lipinski definition) is 1. The molecule has 1 unspecified atom stereocenters. The Morgan fingerprint density at radius 2 is 1.82 bits per heavy atom. The van der Waals surface area contributed by atoms with Gasteiger partial charge in [-0.25, -0.2) is 0 Å². The quantitative estimate of drug-likeness (QED) is 0.460. The van der Waals surface area contributed by atoms with E-state index in [9.17, 15) is 9.59 Å². The molecule has 1 N–H and O–H groups in total. The second kappa shape index (κ2) is 11.4. The van der Waals surface area contributed by atoms with Crippen LogP contribution in [0.15, 0.2) is 48.5 Å². The first-order valence-corrected chi connectivity index (χ1v) is 12.5. The highest BCUT2D eigenvalue weighted by Gasteiger charge is 2.37. The number of ether oxygens (including phenoxy) is 1. The number of likely N-dealkylation sites (tertiary alicyclic amines) is 1. The van der Waals surface area contributed by atoms with E-state index in [1.807, 2.05) is 35.2 Å². The van der Waals surface area contributed by atoms with Crippen LogP contribution in [-0.4, -0.2) is 49.1 Å². The van der Waals surface area contributed by atoms with Gasteiger partial charge in [0.2, 0.25) is 5.91 Å². The number of carbonyl (C=O) groups is 2. The standard InChI is InChI=1S/C26H30Cl2N2O3/c27-22-11-10-20(16-23(22)28)21-15-19(21)9-6-14-33-17-24(26(32)30-12-4-5-13-30)29-25(31)18-7-2-1-3-8-18/h1-3,7-8,10-11,16,19,21,24H,4-6,9,12-15,17H2,(H,29,31)/t19?,21-,24+/m1/s1. The van der Waals surface area contributed by atoms with Crippen molar-refractivity contribution in [3.8, 4) is 0 Å². The summed E-state index contributed by atoms with van der Waals surface area (Å²) in [5.41, 5.74) is 1.79. The van der Waals surface area contributed by atoms with Crippen molar-refractivity contribution < 1.29 is 14.3 Å². The minimum absolute atomic E-state index is 0.0568. The average molecular weight is 489 g/mol. The van der Waals surface area contributed by atoms with Crippen LogP contribution in [0.3, 0.4) is 0 Å². The van der Waals surface area contributed by atoms with Crippen molar-refractivity contribution in [3.05, 3.63) is 69.7 Å². The zero-order valence-corrected chi connectivity index (χ0v) is 20.2. The van der Waals surface area contributed by atoms with Crippen LogP contribution < -0.4 is 5.32 Å². The number of rotatable bonds is 10. The van der Waals surface area contributed by atoms with Crippen molar-refractivity contribution in [2.45, 2.75) is 44.1 Å². The number of nitrogens with one attached hydrogen (secondary N) is 1. The van der Waals surface area contributed by atoms with Crippen LogP contribution in [0.5, 0.6) is 0 Å². The summed E-state index contributed by atoms with van der Waals surface area (Å²) in [5.74, 6) is 0.859. The van der Waals surface area contributed by atoms with E-state index >= 15 is 0 Å². The number of halogens is 2. The second-order valence-electron chi connectivity index (χ2n) is 8.92. The Labute approximate surface area is 205 Å². The van der Waals surface area contributed by atoms with Gasteiger partial charge in [0.25, 0.3) is 5.91 Å². The van der Waals surface area contributed by atoms with Gasteiger partial charge in [0.15, 0.2) is 0 Å². The molecular formula is C26H30Cl2N2O3. The molecule has 7 heteroatoms. The van der Waals surface area contributed by atoms with Crippen LogP contribution in [-0.2, 0) is 9.53 Å². The lowest BCUT2D eigenvalue weighted by Crippen LogP contribution is -2.50. The van der Waals surface area contributed by atoms with E-state index in [0.29, 0.717) is 34.1 Å². The molecule has 4 rings (SSSR count). The second-order valence-corrected chi connectivity index (χ2v) is 9.73. The zero-order chi connectivity index (χ0) is 23.2. The predicted octanol–water partition coefficient (Wildman–Crippen LogP) is 5.31. The summed E-state index contributed by atoms with van der Waals surface area (Å²) in [6, 6.07) is 14.2. The average Bonchev–Trinajstić information content (AvgIpc) is 3.38. The van der Waals surface area contributed by atoms with Crippen LogP contribution in [0, 0.1) is 5.92 Å². The number of amides is 2. The molecule has 2 aromatic rings. The molecule has 1 saturated heterocycles. The molecule has 0 radical (unpaired) electrons. The van der Waals surface area contributed by atoms with Crippen molar-refractivity contribution in [2.75, 3.05) is 26.3 Å². The Bertz CT molecular complexity index is 963. The fraction of sp³-hybridized carbons (Fsp3) is 0.462. The van der Waals surface area contributed by atoms with E-state index in [1.54, 1.807) is 12.1 Å². The Morgan fingerprint density at radius 3 is 2.55 bits per heavy atom. The molecule has 2 aromatic carbocycles. The smallest absolute Gasteiger partial charge is 0.251 e. The largest absolute Gasteiger partial charge is 0.379 e. The van der Waals surface area contributed by atoms with E-state index < -0.39 is 6.04 Å².